The first-order valence-corrected chi connectivity index (χ1v) is 6.70. The Morgan fingerprint density at radius 1 is 1.52 bits per heavy atom. The van der Waals surface area contributed by atoms with Crippen molar-refractivity contribution >= 4 is 22.5 Å². The normalized spacial score (nSPS) is 12.0. The molecule has 2 aromatic heterocycles. The van der Waals surface area contributed by atoms with Crippen LogP contribution in [0.1, 0.15) is 5.69 Å². The van der Waals surface area contributed by atoms with Gasteiger partial charge in [-0.25, -0.2) is 14.2 Å². The molecule has 0 saturated carbocycles. The first-order chi connectivity index (χ1) is 9.83. The summed E-state index contributed by atoms with van der Waals surface area (Å²) in [7, 11) is 0. The quantitative estimate of drug-likeness (QED) is 0.650. The predicted molar refractivity (Wildman–Crippen MR) is 67.4 cm³/mol. The van der Waals surface area contributed by atoms with E-state index >= 15 is 0 Å². The molecule has 0 amide bonds. The molecular weight excluding hydrogens is 313 g/mol. The molecule has 0 aromatic carbocycles. The lowest BCUT2D eigenvalue weighted by atomic mass is 10.5. The van der Waals surface area contributed by atoms with E-state index in [-0.39, 0.29) is 16.4 Å². The van der Waals surface area contributed by atoms with Crippen molar-refractivity contribution in [1.82, 2.24) is 24.4 Å². The van der Waals surface area contributed by atoms with E-state index in [1.54, 1.807) is 6.26 Å². The van der Waals surface area contributed by atoms with Crippen LogP contribution >= 0.6 is 11.8 Å². The van der Waals surface area contributed by atoms with Gasteiger partial charge in [0, 0.05) is 0 Å². The second-order valence-corrected chi connectivity index (χ2v) is 4.53. The Hall–Kier alpha value is -1.95. The number of nitrogens with one attached hydrogen (secondary N) is 1. The zero-order valence-electron chi connectivity index (χ0n) is 10.6. The summed E-state index contributed by atoms with van der Waals surface area (Å²) < 4.78 is 40.9. The fourth-order valence-corrected chi connectivity index (χ4v) is 1.82. The highest BCUT2D eigenvalue weighted by molar-refractivity contribution is 8.13. The number of rotatable bonds is 4. The number of hydrogen-bond acceptors (Lipinski definition) is 7. The molecule has 0 unspecified atom stereocenters. The van der Waals surface area contributed by atoms with Crippen LogP contribution in [-0.2, 0) is 11.3 Å². The molecule has 0 atom stereocenters. The predicted octanol–water partition coefficient (Wildman–Crippen LogP) is 0.511. The highest BCUT2D eigenvalue weighted by Crippen LogP contribution is 2.15. The lowest BCUT2D eigenvalue weighted by Gasteiger charge is -2.07. The highest BCUT2D eigenvalue weighted by atomic mass is 32.2. The minimum atomic E-state index is -4.77. The third-order valence-corrected chi connectivity index (χ3v) is 3.01. The molecule has 0 saturated heterocycles. The Morgan fingerprint density at radius 3 is 2.86 bits per heavy atom. The Balaban J connectivity index is 2.27. The van der Waals surface area contributed by atoms with Crippen LogP contribution in [0, 0.1) is 5.41 Å². The zero-order chi connectivity index (χ0) is 15.6. The summed E-state index contributed by atoms with van der Waals surface area (Å²) in [5.74, 6) is 0. The standard InChI is InChI=1S/C9H9F3N6O2S/c1-21-6(13)5-7-15-16-18(2-3-20-9(10,11)12)8(19)17(7)4-14-5/h4,13H,2-3H2,1H3. The molecule has 114 valence electrons. The van der Waals surface area contributed by atoms with Crippen LogP contribution in [0.2, 0.25) is 0 Å². The van der Waals surface area contributed by atoms with Crippen molar-refractivity contribution in [3.8, 4) is 0 Å². The number of thioether (sulfide) groups is 1. The number of ether oxygens (including phenoxy) is 1. The Kier molecular flexibility index (Phi) is 4.27. The average molecular weight is 322 g/mol. The minimum Gasteiger partial charge on any atom is -0.292 e. The maximum atomic E-state index is 12.0. The second-order valence-electron chi connectivity index (χ2n) is 3.71. The van der Waals surface area contributed by atoms with Crippen molar-refractivity contribution in [1.29, 1.82) is 5.41 Å². The van der Waals surface area contributed by atoms with E-state index in [1.807, 2.05) is 0 Å². The fourth-order valence-electron chi connectivity index (χ4n) is 1.48. The molecule has 21 heavy (non-hydrogen) atoms. The Morgan fingerprint density at radius 2 is 2.24 bits per heavy atom. The van der Waals surface area contributed by atoms with Gasteiger partial charge < -0.3 is 0 Å². The third-order valence-electron chi connectivity index (χ3n) is 2.40. The van der Waals surface area contributed by atoms with E-state index in [9.17, 15) is 18.0 Å². The number of alkyl halides is 3. The van der Waals surface area contributed by atoms with Crippen molar-refractivity contribution in [2.75, 3.05) is 12.9 Å². The molecule has 2 aromatic rings. The molecule has 0 spiro atoms. The van der Waals surface area contributed by atoms with Gasteiger partial charge in [-0.15, -0.1) is 30.0 Å². The van der Waals surface area contributed by atoms with Crippen LogP contribution in [0.3, 0.4) is 0 Å². The molecule has 0 radical (unpaired) electrons. The molecule has 0 aliphatic carbocycles. The van der Waals surface area contributed by atoms with Gasteiger partial charge >= 0.3 is 12.1 Å². The van der Waals surface area contributed by atoms with Crippen molar-refractivity contribution in [2.24, 2.45) is 0 Å². The lowest BCUT2D eigenvalue weighted by Crippen LogP contribution is -2.32. The monoisotopic (exact) mass is 322 g/mol. The van der Waals surface area contributed by atoms with Crippen LogP contribution in [0.4, 0.5) is 13.2 Å². The summed E-state index contributed by atoms with van der Waals surface area (Å²) >= 11 is 1.11. The zero-order valence-corrected chi connectivity index (χ0v) is 11.4. The smallest absolute Gasteiger partial charge is 0.292 e. The van der Waals surface area contributed by atoms with E-state index in [4.69, 9.17) is 5.41 Å². The number of hydrogen-bond donors (Lipinski definition) is 1. The van der Waals surface area contributed by atoms with E-state index < -0.39 is 25.2 Å². The van der Waals surface area contributed by atoms with Gasteiger partial charge in [0.05, 0.1) is 13.2 Å². The summed E-state index contributed by atoms with van der Waals surface area (Å²) in [4.78, 5) is 15.9. The van der Waals surface area contributed by atoms with Gasteiger partial charge in [0.2, 0.25) is 0 Å². The van der Waals surface area contributed by atoms with Gasteiger partial charge in [-0.05, 0) is 6.26 Å². The van der Waals surface area contributed by atoms with Gasteiger partial charge in [-0.1, -0.05) is 5.21 Å². The molecule has 2 heterocycles. The van der Waals surface area contributed by atoms with Crippen LogP contribution in [0.25, 0.3) is 5.65 Å². The molecular formula is C9H9F3N6O2S. The summed E-state index contributed by atoms with van der Waals surface area (Å²) in [6, 6.07) is 0. The van der Waals surface area contributed by atoms with E-state index in [0.29, 0.717) is 0 Å². The summed E-state index contributed by atoms with van der Waals surface area (Å²) in [6.07, 6.45) is -1.96. The maximum Gasteiger partial charge on any atom is 0.522 e. The third kappa shape index (κ3) is 3.39. The average Bonchev–Trinajstić information content (AvgIpc) is 2.84. The molecule has 2 rings (SSSR count). The molecule has 0 aliphatic rings. The van der Waals surface area contributed by atoms with Crippen LogP contribution in [0.5, 0.6) is 0 Å². The van der Waals surface area contributed by atoms with Crippen LogP contribution < -0.4 is 5.69 Å². The topological polar surface area (TPSA) is 98.2 Å². The first-order valence-electron chi connectivity index (χ1n) is 5.48. The number of fused-ring (bicyclic) bond motifs is 1. The second kappa shape index (κ2) is 5.81. The SMILES string of the molecule is CSC(=N)c1ncn2c(=O)n(CCOC(F)(F)F)nnc12. The van der Waals surface area contributed by atoms with Gasteiger partial charge in [0.25, 0.3) is 0 Å². The Labute approximate surface area is 119 Å². The molecule has 1 N–H and O–H groups in total. The Bertz CT molecular complexity index is 724. The van der Waals surface area contributed by atoms with Gasteiger partial charge in [0.1, 0.15) is 17.1 Å². The van der Waals surface area contributed by atoms with Gasteiger partial charge in [0.15, 0.2) is 5.65 Å². The summed E-state index contributed by atoms with van der Waals surface area (Å²) in [5.41, 5.74) is -0.448. The molecule has 0 aliphatic heterocycles. The number of nitrogens with zero attached hydrogens (tertiary/aromatic N) is 5. The van der Waals surface area contributed by atoms with Crippen molar-refractivity contribution in [3.05, 3.63) is 22.5 Å². The van der Waals surface area contributed by atoms with Gasteiger partial charge in [-0.3, -0.25) is 10.1 Å². The van der Waals surface area contributed by atoms with Crippen LogP contribution in [0.15, 0.2) is 11.1 Å². The molecule has 0 bridgehead atoms. The molecule has 0 fully saturated rings. The highest BCUT2D eigenvalue weighted by Gasteiger charge is 2.28. The number of aromatic nitrogens is 5. The van der Waals surface area contributed by atoms with Crippen LogP contribution in [-0.4, -0.2) is 48.6 Å². The van der Waals surface area contributed by atoms with E-state index in [2.05, 4.69) is 20.0 Å². The first kappa shape index (κ1) is 15.4. The molecule has 8 nitrogen and oxygen atoms in total. The van der Waals surface area contributed by atoms with Crippen molar-refractivity contribution < 1.29 is 17.9 Å². The van der Waals surface area contributed by atoms with E-state index in [1.165, 1.54) is 0 Å². The lowest BCUT2D eigenvalue weighted by molar-refractivity contribution is -0.325. The number of imidazole rings is 1. The number of halogens is 3. The largest absolute Gasteiger partial charge is 0.522 e. The van der Waals surface area contributed by atoms with Crippen molar-refractivity contribution in [2.45, 2.75) is 12.9 Å². The minimum absolute atomic E-state index is 0.0762. The maximum absolute atomic E-state index is 12.0. The fraction of sp³-hybridized carbons (Fsp3) is 0.444. The summed E-state index contributed by atoms with van der Waals surface area (Å²) in [6.45, 7) is -1.17. The van der Waals surface area contributed by atoms with Crippen molar-refractivity contribution in [3.63, 3.8) is 0 Å². The summed E-state index contributed by atoms with van der Waals surface area (Å²) in [5, 5.41) is 15.0. The van der Waals surface area contributed by atoms with Gasteiger partial charge in [-0.2, -0.15) is 4.68 Å². The van der Waals surface area contributed by atoms with E-state index in [0.717, 1.165) is 27.2 Å². The molecule has 12 heteroatoms.